The highest BCUT2D eigenvalue weighted by atomic mass is 16.5. The average molecular weight is 341 g/mol. The molecule has 0 aliphatic carbocycles. The first kappa shape index (κ1) is 17.2. The summed E-state index contributed by atoms with van der Waals surface area (Å²) >= 11 is 0. The van der Waals surface area contributed by atoms with Crippen LogP contribution < -0.4 is 10.5 Å². The maximum atomic E-state index is 11.6. The van der Waals surface area contributed by atoms with Gasteiger partial charge in [0.05, 0.1) is 5.56 Å². The van der Waals surface area contributed by atoms with Crippen molar-refractivity contribution < 1.29 is 14.6 Å². The summed E-state index contributed by atoms with van der Waals surface area (Å²) in [6.07, 6.45) is 5.53. The van der Waals surface area contributed by atoms with E-state index in [1.54, 1.807) is 36.7 Å². The van der Waals surface area contributed by atoms with E-state index in [2.05, 4.69) is 16.8 Å². The number of ether oxygens (including phenoxy) is 1. The van der Waals surface area contributed by atoms with E-state index in [0.29, 0.717) is 12.3 Å². The Kier molecular flexibility index (Phi) is 5.19. The second kappa shape index (κ2) is 7.53. The Morgan fingerprint density at radius 3 is 2.60 bits per heavy atom. The van der Waals surface area contributed by atoms with Gasteiger partial charge >= 0.3 is 0 Å². The summed E-state index contributed by atoms with van der Waals surface area (Å²) in [7, 11) is 0. The molecular weight excluding hydrogens is 318 g/mol. The molecule has 3 N–H and O–H groups in total. The number of aromatic hydroxyl groups is 1. The van der Waals surface area contributed by atoms with E-state index in [1.807, 2.05) is 0 Å². The average Bonchev–Trinajstić information content (AvgIpc) is 2.60. The molecule has 25 heavy (non-hydrogen) atoms. The van der Waals surface area contributed by atoms with Gasteiger partial charge in [-0.3, -0.25) is 14.7 Å². The molecular formula is C19H23N3O3. The highest BCUT2D eigenvalue weighted by Gasteiger charge is 2.22. The third kappa shape index (κ3) is 4.09. The van der Waals surface area contributed by atoms with Crippen molar-refractivity contribution in [3.8, 4) is 17.2 Å². The van der Waals surface area contributed by atoms with Gasteiger partial charge in [-0.15, -0.1) is 0 Å². The molecule has 0 bridgehead atoms. The van der Waals surface area contributed by atoms with Crippen LogP contribution in [0, 0.1) is 5.92 Å². The molecule has 0 saturated carbocycles. The molecule has 1 aromatic heterocycles. The molecule has 2 heterocycles. The van der Waals surface area contributed by atoms with Crippen LogP contribution in [0.2, 0.25) is 0 Å². The van der Waals surface area contributed by atoms with Gasteiger partial charge in [-0.2, -0.15) is 0 Å². The number of rotatable bonds is 5. The Morgan fingerprint density at radius 2 is 1.96 bits per heavy atom. The van der Waals surface area contributed by atoms with Crippen LogP contribution in [0.1, 0.15) is 35.7 Å². The number of hydrogen-bond acceptors (Lipinski definition) is 5. The number of amides is 1. The fraction of sp³-hybridized carbons (Fsp3) is 0.368. The molecule has 1 aromatic carbocycles. The van der Waals surface area contributed by atoms with Crippen molar-refractivity contribution in [3.05, 3.63) is 47.8 Å². The summed E-state index contributed by atoms with van der Waals surface area (Å²) in [5, 5.41) is 10.5. The molecule has 0 unspecified atom stereocenters. The van der Waals surface area contributed by atoms with Crippen LogP contribution in [-0.2, 0) is 6.54 Å². The number of pyridine rings is 1. The number of nitrogens with zero attached hydrogens (tertiary/aromatic N) is 2. The van der Waals surface area contributed by atoms with Gasteiger partial charge in [-0.1, -0.05) is 13.0 Å². The lowest BCUT2D eigenvalue weighted by molar-refractivity contribution is 0.0997. The highest BCUT2D eigenvalue weighted by molar-refractivity contribution is 5.96. The fourth-order valence-electron chi connectivity index (χ4n) is 3.04. The van der Waals surface area contributed by atoms with E-state index in [0.717, 1.165) is 37.4 Å². The molecule has 1 fully saturated rings. The molecule has 1 saturated heterocycles. The topological polar surface area (TPSA) is 88.7 Å². The van der Waals surface area contributed by atoms with E-state index in [9.17, 15) is 9.90 Å². The Labute approximate surface area is 147 Å². The van der Waals surface area contributed by atoms with Crippen molar-refractivity contribution in [2.45, 2.75) is 26.3 Å². The molecule has 1 aliphatic heterocycles. The molecule has 6 nitrogen and oxygen atoms in total. The van der Waals surface area contributed by atoms with Gasteiger partial charge in [0.2, 0.25) is 0 Å². The number of nitrogens with two attached hydrogens (primary N) is 1. The van der Waals surface area contributed by atoms with E-state index >= 15 is 0 Å². The number of aromatic nitrogens is 1. The first-order valence-corrected chi connectivity index (χ1v) is 8.49. The lowest BCUT2D eigenvalue weighted by atomic mass is 9.98. The van der Waals surface area contributed by atoms with Crippen LogP contribution in [0.15, 0.2) is 36.7 Å². The molecule has 1 aliphatic rings. The first-order valence-electron chi connectivity index (χ1n) is 8.49. The quantitative estimate of drug-likeness (QED) is 0.873. The Hall–Kier alpha value is -2.60. The summed E-state index contributed by atoms with van der Waals surface area (Å²) in [5.74, 6) is 0.665. The zero-order valence-corrected chi connectivity index (χ0v) is 14.3. The number of likely N-dealkylation sites (tertiary alicyclic amines) is 1. The van der Waals surface area contributed by atoms with Gasteiger partial charge in [0.15, 0.2) is 11.5 Å². The first-order chi connectivity index (χ1) is 12.0. The predicted octanol–water partition coefficient (Wildman–Crippen LogP) is 2.91. The maximum absolute atomic E-state index is 11.6. The van der Waals surface area contributed by atoms with Gasteiger partial charge in [-0.25, -0.2) is 0 Å². The third-order valence-corrected chi connectivity index (χ3v) is 4.62. The number of piperidine rings is 1. The van der Waals surface area contributed by atoms with Crippen LogP contribution in [-0.4, -0.2) is 34.0 Å². The normalized spacial score (nSPS) is 15.9. The minimum Gasteiger partial charge on any atom is -0.504 e. The molecule has 2 aromatic rings. The van der Waals surface area contributed by atoms with Crippen LogP contribution in [0.3, 0.4) is 0 Å². The predicted molar refractivity (Wildman–Crippen MR) is 94.6 cm³/mol. The van der Waals surface area contributed by atoms with Gasteiger partial charge in [0.1, 0.15) is 5.75 Å². The lowest BCUT2D eigenvalue weighted by Gasteiger charge is -2.30. The zero-order chi connectivity index (χ0) is 17.8. The SMILES string of the molecule is CC1CCN(Cc2ccc(C(N)=O)c(O)c2Oc2ccncc2)CC1. The van der Waals surface area contributed by atoms with Crippen molar-refractivity contribution in [1.29, 1.82) is 0 Å². The lowest BCUT2D eigenvalue weighted by Crippen LogP contribution is -2.32. The summed E-state index contributed by atoms with van der Waals surface area (Å²) in [5.41, 5.74) is 6.23. The van der Waals surface area contributed by atoms with Gasteiger partial charge in [0, 0.05) is 24.5 Å². The molecule has 0 atom stereocenters. The summed E-state index contributed by atoms with van der Waals surface area (Å²) < 4.78 is 5.87. The second-order valence-electron chi connectivity index (χ2n) is 6.56. The van der Waals surface area contributed by atoms with Crippen molar-refractivity contribution in [2.24, 2.45) is 11.7 Å². The largest absolute Gasteiger partial charge is 0.504 e. The summed E-state index contributed by atoms with van der Waals surface area (Å²) in [4.78, 5) is 17.8. The molecule has 0 spiro atoms. The van der Waals surface area contributed by atoms with Crippen molar-refractivity contribution in [3.63, 3.8) is 0 Å². The van der Waals surface area contributed by atoms with Crippen molar-refractivity contribution in [1.82, 2.24) is 9.88 Å². The van der Waals surface area contributed by atoms with Crippen LogP contribution in [0.5, 0.6) is 17.2 Å². The van der Waals surface area contributed by atoms with Gasteiger partial charge in [-0.05, 0) is 50.0 Å². The molecule has 1 amide bonds. The smallest absolute Gasteiger partial charge is 0.252 e. The van der Waals surface area contributed by atoms with E-state index in [1.165, 1.54) is 0 Å². The minimum absolute atomic E-state index is 0.0556. The van der Waals surface area contributed by atoms with E-state index in [4.69, 9.17) is 10.5 Å². The molecule has 3 rings (SSSR count). The van der Waals surface area contributed by atoms with Crippen molar-refractivity contribution >= 4 is 5.91 Å². The van der Waals surface area contributed by atoms with Gasteiger partial charge in [0.25, 0.3) is 5.91 Å². The number of hydrogen-bond donors (Lipinski definition) is 2. The van der Waals surface area contributed by atoms with Gasteiger partial charge < -0.3 is 15.6 Å². The number of primary amides is 1. The monoisotopic (exact) mass is 341 g/mol. The fourth-order valence-corrected chi connectivity index (χ4v) is 3.04. The number of benzene rings is 1. The van der Waals surface area contributed by atoms with Crippen LogP contribution in [0.25, 0.3) is 0 Å². The molecule has 6 heteroatoms. The number of carbonyl (C=O) groups is 1. The van der Waals surface area contributed by atoms with E-state index in [-0.39, 0.29) is 17.1 Å². The minimum atomic E-state index is -0.685. The summed E-state index contributed by atoms with van der Waals surface area (Å²) in [6, 6.07) is 6.75. The Morgan fingerprint density at radius 1 is 1.28 bits per heavy atom. The third-order valence-electron chi connectivity index (χ3n) is 4.62. The molecule has 132 valence electrons. The zero-order valence-electron chi connectivity index (χ0n) is 14.3. The number of carbonyl (C=O) groups excluding carboxylic acids is 1. The van der Waals surface area contributed by atoms with Crippen molar-refractivity contribution in [2.75, 3.05) is 13.1 Å². The Bertz CT molecular complexity index is 741. The van der Waals surface area contributed by atoms with E-state index < -0.39 is 5.91 Å². The standard InChI is InChI=1S/C19H23N3O3/c1-13-6-10-22(11-7-13)12-14-2-3-16(19(20)24)17(23)18(14)25-15-4-8-21-9-5-15/h2-5,8-9,13,23H,6-7,10-12H2,1H3,(H2,20,24). The van der Waals surface area contributed by atoms with Crippen LogP contribution >= 0.6 is 0 Å². The highest BCUT2D eigenvalue weighted by Crippen LogP contribution is 2.38. The summed E-state index contributed by atoms with van der Waals surface area (Å²) in [6.45, 7) is 4.94. The molecule has 0 radical (unpaired) electrons. The Balaban J connectivity index is 1.90. The number of phenols is 1. The maximum Gasteiger partial charge on any atom is 0.252 e. The van der Waals surface area contributed by atoms with Crippen LogP contribution in [0.4, 0.5) is 0 Å². The second-order valence-corrected chi connectivity index (χ2v) is 6.56.